The summed E-state index contributed by atoms with van der Waals surface area (Å²) in [6.45, 7) is 3.98. The van der Waals surface area contributed by atoms with Gasteiger partial charge in [0.2, 0.25) is 0 Å². The van der Waals surface area contributed by atoms with Gasteiger partial charge in [0, 0.05) is 5.02 Å². The SMILES string of the molecule is COc1cc(/C=C2\C(=O)NC(=O)N(c3cccc(C)c3C)C2=O)ccc1OCc1cccc(Cl)c1. The number of rotatable bonds is 6. The molecule has 0 aliphatic carbocycles. The highest BCUT2D eigenvalue weighted by Crippen LogP contribution is 2.31. The van der Waals surface area contributed by atoms with E-state index in [0.29, 0.717) is 27.8 Å². The number of ether oxygens (including phenoxy) is 2. The number of amides is 4. The van der Waals surface area contributed by atoms with Crippen molar-refractivity contribution in [3.63, 3.8) is 0 Å². The molecule has 1 heterocycles. The van der Waals surface area contributed by atoms with Gasteiger partial charge in [-0.3, -0.25) is 14.9 Å². The Balaban J connectivity index is 1.62. The van der Waals surface area contributed by atoms with Crippen molar-refractivity contribution in [1.29, 1.82) is 0 Å². The zero-order valence-electron chi connectivity index (χ0n) is 19.4. The lowest BCUT2D eigenvalue weighted by molar-refractivity contribution is -0.122. The van der Waals surface area contributed by atoms with Gasteiger partial charge in [0.05, 0.1) is 12.8 Å². The second-order valence-corrected chi connectivity index (χ2v) is 8.44. The Kier molecular flexibility index (Phi) is 6.89. The van der Waals surface area contributed by atoms with Crippen LogP contribution in [0.2, 0.25) is 5.02 Å². The number of imide groups is 2. The van der Waals surface area contributed by atoms with Gasteiger partial charge in [-0.15, -0.1) is 0 Å². The van der Waals surface area contributed by atoms with Crippen LogP contribution >= 0.6 is 11.6 Å². The molecule has 4 rings (SSSR count). The van der Waals surface area contributed by atoms with E-state index < -0.39 is 17.8 Å². The molecule has 178 valence electrons. The van der Waals surface area contributed by atoms with E-state index in [1.807, 2.05) is 38.1 Å². The van der Waals surface area contributed by atoms with E-state index in [-0.39, 0.29) is 12.2 Å². The van der Waals surface area contributed by atoms with Crippen LogP contribution in [0.4, 0.5) is 10.5 Å². The maximum absolute atomic E-state index is 13.2. The van der Waals surface area contributed by atoms with Crippen molar-refractivity contribution in [3.05, 3.63) is 93.5 Å². The van der Waals surface area contributed by atoms with Crippen molar-refractivity contribution < 1.29 is 23.9 Å². The Morgan fingerprint density at radius 2 is 1.74 bits per heavy atom. The number of halogens is 1. The summed E-state index contributed by atoms with van der Waals surface area (Å²) in [5.74, 6) is -0.553. The molecule has 4 amide bonds. The lowest BCUT2D eigenvalue weighted by Crippen LogP contribution is -2.54. The number of hydrogen-bond acceptors (Lipinski definition) is 5. The van der Waals surface area contributed by atoms with Crippen LogP contribution in [-0.4, -0.2) is 25.0 Å². The first-order valence-electron chi connectivity index (χ1n) is 10.8. The van der Waals surface area contributed by atoms with Crippen LogP contribution in [0, 0.1) is 13.8 Å². The minimum atomic E-state index is -0.784. The van der Waals surface area contributed by atoms with Gasteiger partial charge in [0.25, 0.3) is 11.8 Å². The Morgan fingerprint density at radius 3 is 2.49 bits per heavy atom. The number of nitrogens with zero attached hydrogens (tertiary/aromatic N) is 1. The molecule has 0 bridgehead atoms. The van der Waals surface area contributed by atoms with Crippen LogP contribution in [0.5, 0.6) is 11.5 Å². The molecule has 1 aliphatic rings. The lowest BCUT2D eigenvalue weighted by Gasteiger charge is -2.28. The standard InChI is InChI=1S/C27H23ClN2O5/c1-16-6-4-9-22(17(16)2)30-26(32)21(25(31)29-27(30)33)13-18-10-11-23(24(14-18)34-3)35-15-19-7-5-8-20(28)12-19/h4-14H,15H2,1-3H3,(H,29,31,33)/b21-13+. The van der Waals surface area contributed by atoms with E-state index in [1.165, 1.54) is 13.2 Å². The Labute approximate surface area is 207 Å². The quantitative estimate of drug-likeness (QED) is 0.378. The molecule has 1 aliphatic heterocycles. The van der Waals surface area contributed by atoms with E-state index in [9.17, 15) is 14.4 Å². The molecule has 1 N–H and O–H groups in total. The highest BCUT2D eigenvalue weighted by Gasteiger charge is 2.37. The van der Waals surface area contributed by atoms with Gasteiger partial charge in [-0.25, -0.2) is 9.69 Å². The van der Waals surface area contributed by atoms with Gasteiger partial charge < -0.3 is 9.47 Å². The van der Waals surface area contributed by atoms with Crippen LogP contribution in [0.15, 0.2) is 66.2 Å². The Morgan fingerprint density at radius 1 is 0.971 bits per heavy atom. The number of anilines is 1. The number of urea groups is 1. The summed E-state index contributed by atoms with van der Waals surface area (Å²) in [5, 5.41) is 2.87. The van der Waals surface area contributed by atoms with E-state index >= 15 is 0 Å². The van der Waals surface area contributed by atoms with Gasteiger partial charge in [-0.05, 0) is 72.5 Å². The van der Waals surface area contributed by atoms with Crippen molar-refractivity contribution in [1.82, 2.24) is 5.32 Å². The number of barbiturate groups is 1. The fourth-order valence-corrected chi connectivity index (χ4v) is 3.91. The zero-order chi connectivity index (χ0) is 25.1. The second kappa shape index (κ2) is 10.0. The van der Waals surface area contributed by atoms with Crippen LogP contribution in [-0.2, 0) is 16.2 Å². The maximum Gasteiger partial charge on any atom is 0.335 e. The molecule has 7 nitrogen and oxygen atoms in total. The predicted molar refractivity (Wildman–Crippen MR) is 134 cm³/mol. The average molecular weight is 491 g/mol. The summed E-state index contributed by atoms with van der Waals surface area (Å²) in [5.41, 5.74) is 3.38. The van der Waals surface area contributed by atoms with Crippen LogP contribution < -0.4 is 19.7 Å². The molecule has 8 heteroatoms. The third-order valence-corrected chi connectivity index (χ3v) is 5.94. The predicted octanol–water partition coefficient (Wildman–Crippen LogP) is 5.21. The summed E-state index contributed by atoms with van der Waals surface area (Å²) in [6.07, 6.45) is 1.42. The molecule has 0 radical (unpaired) electrons. The van der Waals surface area contributed by atoms with Crippen molar-refractivity contribution in [2.24, 2.45) is 0 Å². The molecule has 0 unspecified atom stereocenters. The number of hydrogen-bond donors (Lipinski definition) is 1. The van der Waals surface area contributed by atoms with Crippen molar-refractivity contribution in [2.75, 3.05) is 12.0 Å². The molecule has 1 saturated heterocycles. The average Bonchev–Trinajstić information content (AvgIpc) is 2.83. The molecule has 3 aromatic carbocycles. The van der Waals surface area contributed by atoms with Gasteiger partial charge in [-0.2, -0.15) is 0 Å². The van der Waals surface area contributed by atoms with Gasteiger partial charge in [-0.1, -0.05) is 41.9 Å². The maximum atomic E-state index is 13.2. The summed E-state index contributed by atoms with van der Waals surface area (Å²) >= 11 is 6.03. The largest absolute Gasteiger partial charge is 0.493 e. The van der Waals surface area contributed by atoms with Crippen LogP contribution in [0.1, 0.15) is 22.3 Å². The van der Waals surface area contributed by atoms with E-state index in [1.54, 1.807) is 36.4 Å². The summed E-state index contributed by atoms with van der Waals surface area (Å²) in [7, 11) is 1.50. The zero-order valence-corrected chi connectivity index (χ0v) is 20.2. The Hall–Kier alpha value is -4.10. The molecule has 3 aromatic rings. The number of benzene rings is 3. The van der Waals surface area contributed by atoms with E-state index in [2.05, 4.69) is 5.32 Å². The minimum Gasteiger partial charge on any atom is -0.493 e. The molecular formula is C27H23ClN2O5. The summed E-state index contributed by atoms with van der Waals surface area (Å²) in [6, 6.07) is 16.9. The third kappa shape index (κ3) is 5.05. The smallest absolute Gasteiger partial charge is 0.335 e. The molecule has 1 fully saturated rings. The van der Waals surface area contributed by atoms with Crippen molar-refractivity contribution >= 4 is 41.2 Å². The van der Waals surface area contributed by atoms with Crippen LogP contribution in [0.25, 0.3) is 6.08 Å². The lowest BCUT2D eigenvalue weighted by atomic mass is 10.0. The Bertz CT molecular complexity index is 1370. The molecule has 35 heavy (non-hydrogen) atoms. The fourth-order valence-electron chi connectivity index (χ4n) is 3.70. The number of nitrogens with one attached hydrogen (secondary N) is 1. The van der Waals surface area contributed by atoms with Crippen molar-refractivity contribution in [3.8, 4) is 11.5 Å². The molecule has 0 spiro atoms. The highest BCUT2D eigenvalue weighted by atomic mass is 35.5. The molecule has 0 aromatic heterocycles. The first-order chi connectivity index (χ1) is 16.8. The molecule has 0 atom stereocenters. The topological polar surface area (TPSA) is 84.9 Å². The third-order valence-electron chi connectivity index (χ3n) is 5.70. The first kappa shape index (κ1) is 24.0. The molecular weight excluding hydrogens is 468 g/mol. The number of methoxy groups -OCH3 is 1. The van der Waals surface area contributed by atoms with Gasteiger partial charge in [0.15, 0.2) is 11.5 Å². The van der Waals surface area contributed by atoms with E-state index in [4.69, 9.17) is 21.1 Å². The van der Waals surface area contributed by atoms with E-state index in [0.717, 1.165) is 21.6 Å². The fraction of sp³-hybridized carbons (Fsp3) is 0.148. The number of carbonyl (C=O) groups is 3. The number of carbonyl (C=O) groups excluding carboxylic acids is 3. The highest BCUT2D eigenvalue weighted by molar-refractivity contribution is 6.39. The van der Waals surface area contributed by atoms with Gasteiger partial charge in [0.1, 0.15) is 12.2 Å². The normalized spacial score (nSPS) is 14.8. The van der Waals surface area contributed by atoms with Crippen molar-refractivity contribution in [2.45, 2.75) is 20.5 Å². The summed E-state index contributed by atoms with van der Waals surface area (Å²) < 4.78 is 11.3. The monoisotopic (exact) mass is 490 g/mol. The van der Waals surface area contributed by atoms with Crippen LogP contribution in [0.3, 0.4) is 0 Å². The number of aryl methyl sites for hydroxylation is 1. The first-order valence-corrected chi connectivity index (χ1v) is 11.2. The minimum absolute atomic E-state index is 0.167. The van der Waals surface area contributed by atoms with Gasteiger partial charge >= 0.3 is 6.03 Å². The molecule has 0 saturated carbocycles. The summed E-state index contributed by atoms with van der Waals surface area (Å²) in [4.78, 5) is 39.3. The second-order valence-electron chi connectivity index (χ2n) is 8.01.